The molecule has 1 N–H and O–H groups in total. The highest BCUT2D eigenvalue weighted by Gasteiger charge is 1.87. The molecule has 1 rings (SSSR count). The van der Waals surface area contributed by atoms with Crippen LogP contribution in [0.2, 0.25) is 0 Å². The Morgan fingerprint density at radius 2 is 1.87 bits per heavy atom. The van der Waals surface area contributed by atoms with Crippen molar-refractivity contribution in [3.05, 3.63) is 30.3 Å². The molecule has 0 saturated carbocycles. The van der Waals surface area contributed by atoms with Gasteiger partial charge in [0.25, 0.3) is 0 Å². The summed E-state index contributed by atoms with van der Waals surface area (Å²) in [5.74, 6) is 0.234. The average Bonchev–Trinajstić information content (AvgIpc) is 2.20. The number of hydrogen-bond donors (Lipinski definition) is 1. The zero-order valence-corrected chi connectivity index (χ0v) is 9.27. The third kappa shape index (κ3) is 8.81. The maximum absolute atomic E-state index is 9.60. The number of ether oxygens (including phenoxy) is 1. The second kappa shape index (κ2) is 9.06. The summed E-state index contributed by atoms with van der Waals surface area (Å²) in [6.45, 7) is 4.56. The molecule has 15 heavy (non-hydrogen) atoms. The third-order valence-corrected chi connectivity index (χ3v) is 1.52. The van der Waals surface area contributed by atoms with E-state index in [1.807, 2.05) is 44.2 Å². The van der Waals surface area contributed by atoms with Crippen molar-refractivity contribution in [1.82, 2.24) is 0 Å². The Labute approximate surface area is 90.7 Å². The highest BCUT2D eigenvalue weighted by Crippen LogP contribution is 2.06. The smallest absolute Gasteiger partial charge is 0.303 e. The van der Waals surface area contributed by atoms with Crippen molar-refractivity contribution in [2.45, 2.75) is 26.7 Å². The summed E-state index contributed by atoms with van der Waals surface area (Å²) in [5, 5.41) is 7.91. The lowest BCUT2D eigenvalue weighted by Crippen LogP contribution is -1.90. The number of carboxylic acids is 1. The molecule has 1 aromatic rings. The second-order valence-corrected chi connectivity index (χ2v) is 2.89. The molecule has 84 valence electrons. The largest absolute Gasteiger partial charge is 0.494 e. The van der Waals surface area contributed by atoms with Gasteiger partial charge in [0.1, 0.15) is 5.75 Å². The molecule has 0 bridgehead atoms. The van der Waals surface area contributed by atoms with Gasteiger partial charge in [-0.3, -0.25) is 4.79 Å². The van der Waals surface area contributed by atoms with Gasteiger partial charge in [0.15, 0.2) is 0 Å². The molecule has 0 heterocycles. The number of rotatable bonds is 4. The van der Waals surface area contributed by atoms with Crippen molar-refractivity contribution < 1.29 is 14.6 Å². The minimum absolute atomic E-state index is 0.292. The van der Waals surface area contributed by atoms with Crippen molar-refractivity contribution in [3.63, 3.8) is 0 Å². The number of carboxylic acid groups (broad SMARTS) is 1. The fourth-order valence-electron chi connectivity index (χ4n) is 0.897. The topological polar surface area (TPSA) is 46.5 Å². The number of para-hydroxylation sites is 1. The van der Waals surface area contributed by atoms with E-state index < -0.39 is 5.97 Å². The van der Waals surface area contributed by atoms with Crippen molar-refractivity contribution in [3.8, 4) is 5.75 Å². The number of aliphatic carboxylic acids is 1. The van der Waals surface area contributed by atoms with Gasteiger partial charge in [-0.2, -0.15) is 0 Å². The molecule has 0 aliphatic heterocycles. The summed E-state index contributed by atoms with van der Waals surface area (Å²) in [4.78, 5) is 9.60. The Morgan fingerprint density at radius 1 is 1.27 bits per heavy atom. The summed E-state index contributed by atoms with van der Waals surface area (Å²) >= 11 is 0. The van der Waals surface area contributed by atoms with Crippen molar-refractivity contribution in [2.75, 3.05) is 6.61 Å². The van der Waals surface area contributed by atoms with Crippen LogP contribution in [-0.2, 0) is 4.79 Å². The third-order valence-electron chi connectivity index (χ3n) is 1.52. The summed E-state index contributed by atoms with van der Waals surface area (Å²) in [5.41, 5.74) is 0. The van der Waals surface area contributed by atoms with Crippen LogP contribution in [0.5, 0.6) is 5.75 Å². The van der Waals surface area contributed by atoms with Gasteiger partial charge >= 0.3 is 5.97 Å². The van der Waals surface area contributed by atoms with E-state index >= 15 is 0 Å². The van der Waals surface area contributed by atoms with Gasteiger partial charge in [-0.1, -0.05) is 25.1 Å². The molecule has 0 unspecified atom stereocenters. The lowest BCUT2D eigenvalue weighted by atomic mass is 10.3. The van der Waals surface area contributed by atoms with E-state index in [1.54, 1.807) is 0 Å². The van der Waals surface area contributed by atoms with Gasteiger partial charge in [-0.15, -0.1) is 0 Å². The molecule has 3 nitrogen and oxygen atoms in total. The van der Waals surface area contributed by atoms with Gasteiger partial charge in [0.2, 0.25) is 0 Å². The van der Waals surface area contributed by atoms with Crippen LogP contribution in [0.15, 0.2) is 30.3 Å². The first kappa shape index (κ1) is 13.5. The van der Waals surface area contributed by atoms with Gasteiger partial charge in [0, 0.05) is 6.42 Å². The molecule has 0 aromatic heterocycles. The van der Waals surface area contributed by atoms with Crippen molar-refractivity contribution in [2.24, 2.45) is 0 Å². The predicted molar refractivity (Wildman–Crippen MR) is 60.2 cm³/mol. The summed E-state index contributed by atoms with van der Waals surface area (Å²) in [6.07, 6.45) is 1.02. The standard InChI is InChI=1S/C8H10O.C4H8O2/c1-2-9-8-6-4-3-5-7-8;1-2-3-4(5)6/h3-7H,2H2,1H3;2-3H2,1H3,(H,5,6). The molecule has 1 aromatic carbocycles. The monoisotopic (exact) mass is 210 g/mol. The molecule has 3 heteroatoms. The van der Waals surface area contributed by atoms with E-state index in [2.05, 4.69) is 0 Å². The van der Waals surface area contributed by atoms with Gasteiger partial charge in [-0.05, 0) is 25.5 Å². The molecular formula is C12H18O3. The van der Waals surface area contributed by atoms with E-state index in [0.29, 0.717) is 6.42 Å². The minimum Gasteiger partial charge on any atom is -0.494 e. The first-order valence-electron chi connectivity index (χ1n) is 5.10. The average molecular weight is 210 g/mol. The summed E-state index contributed by atoms with van der Waals surface area (Å²) in [7, 11) is 0. The van der Waals surface area contributed by atoms with Crippen LogP contribution < -0.4 is 4.74 Å². The molecule has 0 radical (unpaired) electrons. The van der Waals surface area contributed by atoms with Crippen LogP contribution >= 0.6 is 0 Å². The Balaban J connectivity index is 0.000000288. The van der Waals surface area contributed by atoms with Crippen LogP contribution in [0.25, 0.3) is 0 Å². The van der Waals surface area contributed by atoms with Crippen LogP contribution in [0, 0.1) is 0 Å². The van der Waals surface area contributed by atoms with Crippen molar-refractivity contribution >= 4 is 5.97 Å². The lowest BCUT2D eigenvalue weighted by molar-refractivity contribution is -0.137. The summed E-state index contributed by atoms with van der Waals surface area (Å²) in [6, 6.07) is 9.80. The maximum Gasteiger partial charge on any atom is 0.303 e. The molecular weight excluding hydrogens is 192 g/mol. The lowest BCUT2D eigenvalue weighted by Gasteiger charge is -1.99. The minimum atomic E-state index is -0.711. The molecule has 0 spiro atoms. The normalized spacial score (nSPS) is 8.67. The van der Waals surface area contributed by atoms with Gasteiger partial charge in [-0.25, -0.2) is 0 Å². The first-order chi connectivity index (χ1) is 7.20. The van der Waals surface area contributed by atoms with Crippen LogP contribution in [0.1, 0.15) is 26.7 Å². The molecule has 0 amide bonds. The van der Waals surface area contributed by atoms with Crippen LogP contribution in [-0.4, -0.2) is 17.7 Å². The van der Waals surface area contributed by atoms with E-state index in [0.717, 1.165) is 18.8 Å². The zero-order chi connectivity index (χ0) is 11.5. The highest BCUT2D eigenvalue weighted by atomic mass is 16.5. The van der Waals surface area contributed by atoms with Crippen LogP contribution in [0.3, 0.4) is 0 Å². The fraction of sp³-hybridized carbons (Fsp3) is 0.417. The quantitative estimate of drug-likeness (QED) is 0.831. The Bertz CT molecular complexity index is 257. The zero-order valence-electron chi connectivity index (χ0n) is 9.27. The molecule has 0 fully saturated rings. The molecule has 0 saturated heterocycles. The van der Waals surface area contributed by atoms with Crippen LogP contribution in [0.4, 0.5) is 0 Å². The highest BCUT2D eigenvalue weighted by molar-refractivity contribution is 5.66. The first-order valence-corrected chi connectivity index (χ1v) is 5.10. The Morgan fingerprint density at radius 3 is 2.20 bits per heavy atom. The molecule has 0 aliphatic rings. The Kier molecular flexibility index (Phi) is 8.15. The second-order valence-electron chi connectivity index (χ2n) is 2.89. The molecule has 0 aliphatic carbocycles. The van der Waals surface area contributed by atoms with Gasteiger partial charge < -0.3 is 9.84 Å². The predicted octanol–water partition coefficient (Wildman–Crippen LogP) is 2.96. The van der Waals surface area contributed by atoms with E-state index in [1.165, 1.54) is 0 Å². The van der Waals surface area contributed by atoms with E-state index in [-0.39, 0.29) is 0 Å². The summed E-state index contributed by atoms with van der Waals surface area (Å²) < 4.78 is 5.21. The maximum atomic E-state index is 9.60. The van der Waals surface area contributed by atoms with Gasteiger partial charge in [0.05, 0.1) is 6.61 Å². The number of hydrogen-bond acceptors (Lipinski definition) is 2. The fourth-order valence-corrected chi connectivity index (χ4v) is 0.897. The molecule has 0 atom stereocenters. The number of benzene rings is 1. The van der Waals surface area contributed by atoms with Crippen molar-refractivity contribution in [1.29, 1.82) is 0 Å². The SMILES string of the molecule is CCCC(=O)O.CCOc1ccccc1. The Hall–Kier alpha value is -1.51. The number of carbonyl (C=O) groups is 1. The van der Waals surface area contributed by atoms with E-state index in [4.69, 9.17) is 9.84 Å². The van der Waals surface area contributed by atoms with E-state index in [9.17, 15) is 4.79 Å².